The summed E-state index contributed by atoms with van der Waals surface area (Å²) in [5.74, 6) is -0.544. The van der Waals surface area contributed by atoms with Crippen LogP contribution in [-0.4, -0.2) is 17.9 Å². The van der Waals surface area contributed by atoms with Gasteiger partial charge in [-0.2, -0.15) is 0 Å². The summed E-state index contributed by atoms with van der Waals surface area (Å²) in [5.41, 5.74) is 8.47. The number of rotatable bonds is 8. The molecule has 3 aromatic rings. The third-order valence-corrected chi connectivity index (χ3v) is 6.83. The van der Waals surface area contributed by atoms with Gasteiger partial charge in [-0.05, 0) is 104 Å². The summed E-state index contributed by atoms with van der Waals surface area (Å²) in [6.07, 6.45) is 3.90. The molecule has 40 heavy (non-hydrogen) atoms. The molecule has 0 fully saturated rings. The van der Waals surface area contributed by atoms with Crippen LogP contribution in [-0.2, 0) is 27.2 Å². The van der Waals surface area contributed by atoms with Gasteiger partial charge in [0.05, 0.1) is 0 Å². The van der Waals surface area contributed by atoms with E-state index in [1.54, 1.807) is 26.0 Å². The number of esters is 3. The number of aryl methyl sites for hydroxylation is 2. The minimum atomic E-state index is -0.580. The molecule has 6 nitrogen and oxygen atoms in total. The van der Waals surface area contributed by atoms with Gasteiger partial charge in [0.25, 0.3) is 0 Å². The van der Waals surface area contributed by atoms with E-state index in [2.05, 4.69) is 31.9 Å². The molecule has 3 aromatic carbocycles. The topological polar surface area (TPSA) is 78.9 Å². The normalized spacial score (nSPS) is 11.8. The summed E-state index contributed by atoms with van der Waals surface area (Å²) in [5, 5.41) is 0. The number of carbonyl (C=O) groups excluding carboxylic acids is 3. The number of ether oxygens (including phenoxy) is 3. The quantitative estimate of drug-likeness (QED) is 0.172. The predicted molar refractivity (Wildman–Crippen MR) is 156 cm³/mol. The Hall–Kier alpha value is -4.71. The van der Waals surface area contributed by atoms with Crippen LogP contribution in [0.25, 0.3) is 22.3 Å². The highest BCUT2D eigenvalue weighted by Crippen LogP contribution is 2.42. The van der Waals surface area contributed by atoms with Crippen molar-refractivity contribution in [3.8, 4) is 39.5 Å². The first kappa shape index (κ1) is 28.3. The Kier molecular flexibility index (Phi) is 8.19. The number of carbonyl (C=O) groups is 3. The van der Waals surface area contributed by atoms with Crippen molar-refractivity contribution in [2.75, 3.05) is 0 Å². The first-order valence-electron chi connectivity index (χ1n) is 13.0. The van der Waals surface area contributed by atoms with E-state index in [0.29, 0.717) is 11.3 Å². The van der Waals surface area contributed by atoms with Crippen LogP contribution in [0.5, 0.6) is 17.2 Å². The van der Waals surface area contributed by atoms with Gasteiger partial charge in [-0.15, -0.1) is 0 Å². The van der Waals surface area contributed by atoms with E-state index >= 15 is 0 Å². The van der Waals surface area contributed by atoms with Gasteiger partial charge < -0.3 is 14.2 Å². The molecule has 0 unspecified atom stereocenters. The van der Waals surface area contributed by atoms with E-state index in [1.807, 2.05) is 26.0 Å². The second-order valence-corrected chi connectivity index (χ2v) is 10.0. The largest absolute Gasteiger partial charge is 0.423 e. The van der Waals surface area contributed by atoms with Crippen molar-refractivity contribution in [1.29, 1.82) is 0 Å². The van der Waals surface area contributed by atoms with Crippen LogP contribution in [0.1, 0.15) is 42.5 Å². The van der Waals surface area contributed by atoms with Gasteiger partial charge in [-0.1, -0.05) is 37.9 Å². The minimum Gasteiger partial charge on any atom is -0.423 e. The molecule has 0 saturated carbocycles. The van der Waals surface area contributed by atoms with Crippen LogP contribution >= 0.6 is 0 Å². The standard InChI is InChI=1S/C34H32O6/c1-8-32(35)39-30-15-14-25(24-10-9-11-26(24)30)28-16-22(7)29(17-21(28)6)27-13-12-23(38-33(36)19(2)3)18-31(27)40-34(37)20(4)5/h8,12-18H,1-2,4,9-11H2,3,5-7H3. The average molecular weight is 537 g/mol. The zero-order valence-electron chi connectivity index (χ0n) is 23.3. The predicted octanol–water partition coefficient (Wildman–Crippen LogP) is 7.18. The molecule has 4 rings (SSSR count). The monoisotopic (exact) mass is 536 g/mol. The van der Waals surface area contributed by atoms with Crippen LogP contribution in [0.2, 0.25) is 0 Å². The Morgan fingerprint density at radius 1 is 0.700 bits per heavy atom. The lowest BCUT2D eigenvalue weighted by Crippen LogP contribution is -2.11. The summed E-state index contributed by atoms with van der Waals surface area (Å²) >= 11 is 0. The molecule has 0 heterocycles. The fraction of sp³-hybridized carbons (Fsp3) is 0.206. The van der Waals surface area contributed by atoms with Crippen molar-refractivity contribution >= 4 is 17.9 Å². The van der Waals surface area contributed by atoms with Crippen LogP contribution < -0.4 is 14.2 Å². The Labute approximate surface area is 234 Å². The number of fused-ring (bicyclic) bond motifs is 1. The fourth-order valence-electron chi connectivity index (χ4n) is 4.82. The van der Waals surface area contributed by atoms with Gasteiger partial charge in [-0.3, -0.25) is 0 Å². The number of benzene rings is 3. The third-order valence-electron chi connectivity index (χ3n) is 6.83. The van der Waals surface area contributed by atoms with Gasteiger partial charge in [0.15, 0.2) is 0 Å². The summed E-state index contributed by atoms with van der Waals surface area (Å²) in [6.45, 7) is 17.9. The molecule has 0 atom stereocenters. The summed E-state index contributed by atoms with van der Waals surface area (Å²) < 4.78 is 16.5. The molecular formula is C34H32O6. The van der Waals surface area contributed by atoms with Gasteiger partial charge in [0.2, 0.25) is 0 Å². The van der Waals surface area contributed by atoms with E-state index in [9.17, 15) is 14.4 Å². The lowest BCUT2D eigenvalue weighted by Gasteiger charge is -2.19. The Morgan fingerprint density at radius 2 is 1.27 bits per heavy atom. The van der Waals surface area contributed by atoms with Crippen molar-refractivity contribution in [2.24, 2.45) is 0 Å². The fourth-order valence-corrected chi connectivity index (χ4v) is 4.82. The summed E-state index contributed by atoms with van der Waals surface area (Å²) in [6, 6.07) is 13.0. The maximum absolute atomic E-state index is 12.5. The zero-order chi connectivity index (χ0) is 29.1. The molecule has 204 valence electrons. The highest BCUT2D eigenvalue weighted by atomic mass is 16.5. The van der Waals surface area contributed by atoms with Crippen LogP contribution in [0.3, 0.4) is 0 Å². The molecule has 1 aliphatic carbocycles. The van der Waals surface area contributed by atoms with Gasteiger partial charge >= 0.3 is 17.9 Å². The third kappa shape index (κ3) is 5.81. The molecule has 0 bridgehead atoms. The van der Waals surface area contributed by atoms with Crippen molar-refractivity contribution < 1.29 is 28.6 Å². The van der Waals surface area contributed by atoms with E-state index in [1.165, 1.54) is 17.7 Å². The number of hydrogen-bond donors (Lipinski definition) is 0. The first-order chi connectivity index (χ1) is 19.0. The zero-order valence-corrected chi connectivity index (χ0v) is 23.3. The molecule has 0 saturated heterocycles. The van der Waals surface area contributed by atoms with E-state index in [0.717, 1.165) is 52.6 Å². The van der Waals surface area contributed by atoms with Crippen LogP contribution in [0.15, 0.2) is 79.4 Å². The Morgan fingerprint density at radius 3 is 1.90 bits per heavy atom. The lowest BCUT2D eigenvalue weighted by molar-refractivity contribution is -0.130. The lowest BCUT2D eigenvalue weighted by atomic mass is 9.88. The van der Waals surface area contributed by atoms with E-state index in [-0.39, 0.29) is 22.6 Å². The molecule has 0 spiro atoms. The average Bonchev–Trinajstić information content (AvgIpc) is 3.41. The maximum atomic E-state index is 12.5. The highest BCUT2D eigenvalue weighted by molar-refractivity contribution is 5.92. The smallest absolute Gasteiger partial charge is 0.338 e. The molecule has 0 amide bonds. The van der Waals surface area contributed by atoms with Gasteiger partial charge in [0, 0.05) is 28.9 Å². The first-order valence-corrected chi connectivity index (χ1v) is 13.0. The van der Waals surface area contributed by atoms with Crippen LogP contribution in [0, 0.1) is 13.8 Å². The van der Waals surface area contributed by atoms with Crippen LogP contribution in [0.4, 0.5) is 0 Å². The Balaban J connectivity index is 1.78. The summed E-state index contributed by atoms with van der Waals surface area (Å²) in [4.78, 5) is 36.4. The Bertz CT molecular complexity index is 1590. The highest BCUT2D eigenvalue weighted by Gasteiger charge is 2.23. The SMILES string of the molecule is C=CC(=O)Oc1ccc(-c2cc(C)c(-c3ccc(OC(=O)C(=C)C)cc3OC(=O)C(=C)C)cc2C)c2c1CCC2. The second-order valence-electron chi connectivity index (χ2n) is 10.0. The van der Waals surface area contributed by atoms with Crippen molar-refractivity contribution in [3.63, 3.8) is 0 Å². The molecule has 1 aliphatic rings. The van der Waals surface area contributed by atoms with Crippen molar-refractivity contribution in [3.05, 3.63) is 102 Å². The maximum Gasteiger partial charge on any atom is 0.338 e. The van der Waals surface area contributed by atoms with E-state index < -0.39 is 17.9 Å². The van der Waals surface area contributed by atoms with Crippen molar-refractivity contribution in [1.82, 2.24) is 0 Å². The minimum absolute atomic E-state index is 0.236. The van der Waals surface area contributed by atoms with Gasteiger partial charge in [0.1, 0.15) is 17.2 Å². The molecule has 6 heteroatoms. The van der Waals surface area contributed by atoms with Crippen molar-refractivity contribution in [2.45, 2.75) is 47.0 Å². The van der Waals surface area contributed by atoms with E-state index in [4.69, 9.17) is 14.2 Å². The second kappa shape index (κ2) is 11.6. The molecule has 0 aliphatic heterocycles. The van der Waals surface area contributed by atoms with Gasteiger partial charge in [-0.25, -0.2) is 14.4 Å². The number of hydrogen-bond acceptors (Lipinski definition) is 6. The molecule has 0 aromatic heterocycles. The molecular weight excluding hydrogens is 504 g/mol. The summed E-state index contributed by atoms with van der Waals surface area (Å²) in [7, 11) is 0. The molecule has 0 radical (unpaired) electrons. The molecule has 0 N–H and O–H groups in total.